The maximum Gasteiger partial charge on any atom is 0.423 e. The number of halogens is 3. The molecule has 2 aliphatic heterocycles. The Labute approximate surface area is 328 Å². The van der Waals surface area contributed by atoms with Crippen LogP contribution < -0.4 is 9.64 Å². The van der Waals surface area contributed by atoms with Gasteiger partial charge in [0.05, 0.1) is 46.7 Å². The van der Waals surface area contributed by atoms with E-state index >= 15 is 4.79 Å². The largest absolute Gasteiger partial charge is 0.503 e. The first-order chi connectivity index (χ1) is 25.1. The van der Waals surface area contributed by atoms with Crippen molar-refractivity contribution in [1.82, 2.24) is 14.7 Å². The highest BCUT2D eigenvalue weighted by atomic mass is 79.9. The number of aryl methyl sites for hydroxylation is 2. The molecule has 4 heterocycles. The molecule has 2 saturated heterocycles. The number of thiophene rings is 1. The second-order valence-electron chi connectivity index (χ2n) is 14.0. The molecule has 16 heteroatoms. The maximum atomic E-state index is 15.1. The summed E-state index contributed by atoms with van der Waals surface area (Å²) in [5.74, 6) is -6.31. The smallest absolute Gasteiger partial charge is 0.423 e. The number of aromatic hydroxyl groups is 1. The Bertz CT molecular complexity index is 2390. The molecule has 5 amide bonds. The number of methoxy groups -OCH3 is 2. The number of fused-ring (bicyclic) bond motifs is 5. The summed E-state index contributed by atoms with van der Waals surface area (Å²) in [4.78, 5) is 72.6. The van der Waals surface area contributed by atoms with Crippen molar-refractivity contribution in [2.75, 3.05) is 19.1 Å². The molecule has 4 aliphatic rings. The topological polar surface area (TPSA) is 148 Å². The third-order valence-electron chi connectivity index (χ3n) is 11.6. The number of anilines is 1. The molecule has 1 N–H and O–H groups in total. The number of nitrogens with zero attached hydrogens (tertiary/aromatic N) is 4. The summed E-state index contributed by atoms with van der Waals surface area (Å²) in [5.41, 5.74) is 1.37. The van der Waals surface area contributed by atoms with E-state index in [1.807, 2.05) is 31.2 Å². The number of phenols is 1. The van der Waals surface area contributed by atoms with E-state index in [2.05, 4.69) is 31.9 Å². The van der Waals surface area contributed by atoms with Gasteiger partial charge in [0, 0.05) is 33.2 Å². The van der Waals surface area contributed by atoms with Crippen LogP contribution in [0.25, 0.3) is 20.7 Å². The van der Waals surface area contributed by atoms with Gasteiger partial charge in [-0.15, -0.1) is 11.3 Å². The number of carbonyl (C=O) groups is 5. The lowest BCUT2D eigenvalue weighted by Gasteiger charge is -2.49. The average Bonchev–Trinajstić information content (AvgIpc) is 3.81. The normalized spacial score (nSPS) is 26.6. The molecular weight excluding hydrogens is 856 g/mol. The highest BCUT2D eigenvalue weighted by Gasteiger charge is 2.68. The minimum atomic E-state index is -1.40. The van der Waals surface area contributed by atoms with Crippen LogP contribution in [-0.4, -0.2) is 63.7 Å². The van der Waals surface area contributed by atoms with Gasteiger partial charge in [0.25, 0.3) is 0 Å². The summed E-state index contributed by atoms with van der Waals surface area (Å²) in [6, 6.07) is 9.02. The second kappa shape index (κ2) is 12.5. The van der Waals surface area contributed by atoms with E-state index in [4.69, 9.17) is 26.2 Å². The van der Waals surface area contributed by atoms with Gasteiger partial charge in [-0.05, 0) is 105 Å². The SMILES string of the molecule is COC(=O)N1C(=O)C2CC=C3C(CC4C(=O)N(c5cc(-c6sc7ccc(Cl)cc7c6C)nn5C)C(=O)C4(C)C3c3cc(OC)c(O)c(Br)c3Br)C2C1=O. The number of imide groups is 4. The van der Waals surface area contributed by atoms with Crippen LogP contribution in [0.4, 0.5) is 10.6 Å². The molecule has 12 nitrogen and oxygen atoms in total. The maximum absolute atomic E-state index is 15.1. The Morgan fingerprint density at radius 2 is 1.79 bits per heavy atom. The minimum absolute atomic E-state index is 0.0734. The Kier molecular flexibility index (Phi) is 8.48. The van der Waals surface area contributed by atoms with Crippen molar-refractivity contribution in [3.8, 4) is 22.1 Å². The van der Waals surface area contributed by atoms with Crippen LogP contribution in [0.2, 0.25) is 5.02 Å². The zero-order valence-corrected chi connectivity index (χ0v) is 33.6. The number of aromatic nitrogens is 2. The number of hydrogen-bond donors (Lipinski definition) is 1. The van der Waals surface area contributed by atoms with E-state index < -0.39 is 64.7 Å². The van der Waals surface area contributed by atoms with Gasteiger partial charge in [-0.25, -0.2) is 9.69 Å². The third kappa shape index (κ3) is 4.89. The number of benzene rings is 2. The summed E-state index contributed by atoms with van der Waals surface area (Å²) >= 11 is 14.9. The fraction of sp³-hybridized carbons (Fsp3) is 0.351. The number of hydrogen-bond acceptors (Lipinski definition) is 10. The molecule has 0 bridgehead atoms. The van der Waals surface area contributed by atoms with Gasteiger partial charge in [-0.3, -0.25) is 23.9 Å². The second-order valence-corrected chi connectivity index (χ2v) is 17.1. The van der Waals surface area contributed by atoms with E-state index in [1.54, 1.807) is 26.1 Å². The molecule has 8 rings (SSSR count). The van der Waals surface area contributed by atoms with Crippen molar-refractivity contribution in [1.29, 1.82) is 0 Å². The first kappa shape index (κ1) is 36.0. The van der Waals surface area contributed by atoms with Crippen molar-refractivity contribution in [2.45, 2.75) is 32.6 Å². The number of ether oxygens (including phenoxy) is 2. The van der Waals surface area contributed by atoms with Crippen LogP contribution in [0.5, 0.6) is 11.5 Å². The molecule has 53 heavy (non-hydrogen) atoms. The quantitative estimate of drug-likeness (QED) is 0.163. The Morgan fingerprint density at radius 1 is 1.06 bits per heavy atom. The summed E-state index contributed by atoms with van der Waals surface area (Å²) < 4.78 is 13.6. The Morgan fingerprint density at radius 3 is 2.49 bits per heavy atom. The van der Waals surface area contributed by atoms with Gasteiger partial charge in [-0.1, -0.05) is 23.3 Å². The van der Waals surface area contributed by atoms with Crippen LogP contribution in [0.3, 0.4) is 0 Å². The predicted octanol–water partition coefficient (Wildman–Crippen LogP) is 7.50. The van der Waals surface area contributed by atoms with Gasteiger partial charge >= 0.3 is 6.09 Å². The highest BCUT2D eigenvalue weighted by Crippen LogP contribution is 2.65. The summed E-state index contributed by atoms with van der Waals surface area (Å²) in [5, 5.41) is 17.2. The predicted molar refractivity (Wildman–Crippen MR) is 203 cm³/mol. The summed E-state index contributed by atoms with van der Waals surface area (Å²) in [6.07, 6.45) is 1.01. The van der Waals surface area contributed by atoms with Crippen LogP contribution >= 0.6 is 54.8 Å². The first-order valence-corrected chi connectivity index (χ1v) is 19.5. The van der Waals surface area contributed by atoms with E-state index in [0.717, 1.165) is 27.6 Å². The molecular formula is C37H31Br2ClN4O8S. The van der Waals surface area contributed by atoms with Crippen LogP contribution in [0.15, 0.2) is 50.9 Å². The molecule has 6 atom stereocenters. The van der Waals surface area contributed by atoms with Gasteiger partial charge in [0.1, 0.15) is 11.5 Å². The molecule has 1 saturated carbocycles. The summed E-state index contributed by atoms with van der Waals surface area (Å²) in [6.45, 7) is 3.73. The van der Waals surface area contributed by atoms with Crippen molar-refractivity contribution >= 4 is 100 Å². The molecule has 0 radical (unpaired) electrons. The molecule has 0 spiro atoms. The number of likely N-dealkylation sites (tertiary alicyclic amines) is 1. The molecule has 2 aromatic heterocycles. The van der Waals surface area contributed by atoms with E-state index in [1.165, 1.54) is 28.0 Å². The minimum Gasteiger partial charge on any atom is -0.503 e. The lowest BCUT2D eigenvalue weighted by Crippen LogP contribution is -2.49. The molecule has 6 unspecified atom stereocenters. The van der Waals surface area contributed by atoms with Crippen LogP contribution in [-0.2, 0) is 31.0 Å². The molecule has 4 aromatic rings. The van der Waals surface area contributed by atoms with Crippen molar-refractivity contribution in [3.63, 3.8) is 0 Å². The number of allylic oxidation sites excluding steroid dienone is 2. The highest BCUT2D eigenvalue weighted by molar-refractivity contribution is 9.13. The number of carbonyl (C=O) groups excluding carboxylic acids is 5. The van der Waals surface area contributed by atoms with Gasteiger partial charge in [0.2, 0.25) is 23.6 Å². The fourth-order valence-corrected chi connectivity index (χ4v) is 11.3. The lowest BCUT2D eigenvalue weighted by molar-refractivity contribution is -0.138. The van der Waals surface area contributed by atoms with Crippen molar-refractivity contribution in [2.24, 2.45) is 36.1 Å². The average molecular weight is 887 g/mol. The molecule has 3 fully saturated rings. The van der Waals surface area contributed by atoms with E-state index in [9.17, 15) is 24.3 Å². The zero-order valence-electron chi connectivity index (χ0n) is 28.9. The third-order valence-corrected chi connectivity index (χ3v) is 15.2. The Balaban J connectivity index is 1.29. The van der Waals surface area contributed by atoms with E-state index in [-0.39, 0.29) is 34.6 Å². The standard InChI is InChI=1S/C37H31Br2ClN4O8S/c1-14-18-10-15(40)6-9-24(18)53-31(14)22-13-25(42(3)41-22)43-33(47)21-11-19-16(7-8-17-26(19)34(48)44(32(17)46)36(50)52-5)27(37(21,2)35(43)49)20-12-23(51-4)30(45)29(39)28(20)38/h6-7,9-10,12-13,17,19,21,26-27,45H,8,11H2,1-5H3. The number of rotatable bonds is 4. The van der Waals surface area contributed by atoms with Crippen LogP contribution in [0.1, 0.15) is 36.8 Å². The van der Waals surface area contributed by atoms with Gasteiger partial charge in [0.15, 0.2) is 11.5 Å². The van der Waals surface area contributed by atoms with Crippen molar-refractivity contribution < 1.29 is 38.6 Å². The molecule has 2 aliphatic carbocycles. The molecule has 274 valence electrons. The van der Waals surface area contributed by atoms with E-state index in [0.29, 0.717) is 31.2 Å². The summed E-state index contributed by atoms with van der Waals surface area (Å²) in [7, 11) is 4.18. The lowest BCUT2D eigenvalue weighted by atomic mass is 9.51. The van der Waals surface area contributed by atoms with Crippen molar-refractivity contribution in [3.05, 3.63) is 67.1 Å². The fourth-order valence-electron chi connectivity index (χ4n) is 9.04. The number of amides is 5. The number of phenolic OH excluding ortho intramolecular Hbond substituents is 1. The molecule has 2 aromatic carbocycles. The zero-order chi connectivity index (χ0) is 38.0. The monoisotopic (exact) mass is 884 g/mol. The first-order valence-electron chi connectivity index (χ1n) is 16.7. The van der Waals surface area contributed by atoms with Crippen LogP contribution in [0, 0.1) is 36.0 Å². The Hall–Kier alpha value is -4.05. The van der Waals surface area contributed by atoms with Gasteiger partial charge < -0.3 is 14.6 Å². The van der Waals surface area contributed by atoms with Gasteiger partial charge in [-0.2, -0.15) is 10.00 Å².